The fourth-order valence-corrected chi connectivity index (χ4v) is 6.12. The lowest BCUT2D eigenvalue weighted by Crippen LogP contribution is -2.50. The minimum Gasteiger partial charge on any atom is -0.493 e. The molecular weight excluding hydrogens is 350 g/mol. The number of hydrogen-bond donors (Lipinski definition) is 0. The third-order valence-electron chi connectivity index (χ3n) is 7.29. The summed E-state index contributed by atoms with van der Waals surface area (Å²) < 4.78 is 10.9. The molecule has 4 fully saturated rings. The maximum absolute atomic E-state index is 11.9. The summed E-state index contributed by atoms with van der Waals surface area (Å²) in [6.07, 6.45) is 10.5. The predicted molar refractivity (Wildman–Crippen MR) is 111 cm³/mol. The molecule has 1 aromatic rings. The van der Waals surface area contributed by atoms with Crippen molar-refractivity contribution in [3.05, 3.63) is 23.8 Å². The lowest BCUT2D eigenvalue weighted by atomic mass is 9.48. The van der Waals surface area contributed by atoms with Gasteiger partial charge in [-0.1, -0.05) is 13.8 Å². The molecule has 0 aliphatic heterocycles. The molecule has 0 radical (unpaired) electrons. The molecule has 4 bridgehead atoms. The van der Waals surface area contributed by atoms with Crippen LogP contribution in [0.4, 0.5) is 0 Å². The highest BCUT2D eigenvalue weighted by Gasteiger charge is 2.53. The summed E-state index contributed by atoms with van der Waals surface area (Å²) in [6, 6.07) is 6.00. The second-order valence-electron chi connectivity index (χ2n) is 9.72. The van der Waals surface area contributed by atoms with Gasteiger partial charge in [0.15, 0.2) is 11.5 Å². The highest BCUT2D eigenvalue weighted by Crippen LogP contribution is 2.61. The van der Waals surface area contributed by atoms with Gasteiger partial charge >= 0.3 is 5.97 Å². The molecule has 4 aliphatic rings. The van der Waals surface area contributed by atoms with E-state index in [4.69, 9.17) is 14.5 Å². The van der Waals surface area contributed by atoms with Crippen LogP contribution >= 0.6 is 0 Å². The first-order chi connectivity index (χ1) is 13.4. The van der Waals surface area contributed by atoms with Crippen molar-refractivity contribution in [1.82, 2.24) is 0 Å². The number of hydrogen-bond acceptors (Lipinski definition) is 4. The van der Waals surface area contributed by atoms with Gasteiger partial charge in [-0.25, -0.2) is 0 Å². The van der Waals surface area contributed by atoms with Crippen molar-refractivity contribution in [2.24, 2.45) is 34.1 Å². The summed E-state index contributed by atoms with van der Waals surface area (Å²) in [5.74, 6) is 3.44. The summed E-state index contributed by atoms with van der Waals surface area (Å²) in [5.41, 5.74) is 1.40. The standard InChI is InChI=1S/C24H33NO3/c1-15(2)23(26)28-21-6-5-17(10-22(21)27-4)14-25-16(3)24-11-18-7-19(12-24)9-20(8-18)13-24/h5-6,10,14-16,18-20H,7-9,11-13H2,1-4H3. The lowest BCUT2D eigenvalue weighted by molar-refractivity contribution is -0.137. The Balaban J connectivity index is 1.48. The molecule has 0 N–H and O–H groups in total. The smallest absolute Gasteiger partial charge is 0.313 e. The lowest BCUT2D eigenvalue weighted by Gasteiger charge is -2.58. The zero-order valence-corrected chi connectivity index (χ0v) is 17.6. The molecule has 5 rings (SSSR count). The number of benzene rings is 1. The zero-order chi connectivity index (χ0) is 19.9. The van der Waals surface area contributed by atoms with Crippen LogP contribution < -0.4 is 9.47 Å². The molecule has 0 aromatic heterocycles. The van der Waals surface area contributed by atoms with Crippen LogP contribution in [0.1, 0.15) is 64.9 Å². The third-order valence-corrected chi connectivity index (χ3v) is 7.29. The second-order valence-corrected chi connectivity index (χ2v) is 9.72. The fourth-order valence-electron chi connectivity index (χ4n) is 6.12. The molecule has 1 atom stereocenters. The van der Waals surface area contributed by atoms with E-state index in [1.165, 1.54) is 38.5 Å². The average Bonchev–Trinajstić information content (AvgIpc) is 2.65. The summed E-state index contributed by atoms with van der Waals surface area (Å²) in [6.45, 7) is 5.95. The molecule has 1 aromatic carbocycles. The van der Waals surface area contributed by atoms with Crippen molar-refractivity contribution >= 4 is 12.2 Å². The summed E-state index contributed by atoms with van der Waals surface area (Å²) in [4.78, 5) is 16.9. The van der Waals surface area contributed by atoms with Crippen LogP contribution in [0.5, 0.6) is 11.5 Å². The molecule has 0 amide bonds. The Morgan fingerprint density at radius 3 is 2.21 bits per heavy atom. The van der Waals surface area contributed by atoms with Gasteiger partial charge in [-0.05, 0) is 92.4 Å². The number of nitrogens with zero attached hydrogens (tertiary/aromatic N) is 1. The van der Waals surface area contributed by atoms with Crippen molar-refractivity contribution in [2.45, 2.75) is 65.3 Å². The Labute approximate surface area is 168 Å². The van der Waals surface area contributed by atoms with Crippen LogP contribution in [0.15, 0.2) is 23.2 Å². The van der Waals surface area contributed by atoms with Crippen molar-refractivity contribution < 1.29 is 14.3 Å². The van der Waals surface area contributed by atoms with E-state index in [0.29, 0.717) is 23.0 Å². The predicted octanol–water partition coefficient (Wildman–Crippen LogP) is 5.28. The SMILES string of the molecule is COc1cc(C=NC(C)C23CC4CC(CC(C4)C2)C3)ccc1OC(=O)C(C)C. The quantitative estimate of drug-likeness (QED) is 0.381. The number of carbonyl (C=O) groups excluding carboxylic acids is 1. The van der Waals surface area contributed by atoms with E-state index in [1.54, 1.807) is 13.2 Å². The Morgan fingerprint density at radius 2 is 1.68 bits per heavy atom. The number of aliphatic imine (C=N–C) groups is 1. The van der Waals surface area contributed by atoms with Gasteiger partial charge in [-0.15, -0.1) is 0 Å². The molecule has 152 valence electrons. The molecule has 4 aliphatic carbocycles. The summed E-state index contributed by atoms with van der Waals surface area (Å²) in [7, 11) is 1.60. The van der Waals surface area contributed by atoms with Gasteiger partial charge in [0.25, 0.3) is 0 Å². The highest BCUT2D eigenvalue weighted by atomic mass is 16.6. The normalized spacial score (nSPS) is 32.1. The Hall–Kier alpha value is -1.84. The van der Waals surface area contributed by atoms with Crippen LogP contribution in [0, 0.1) is 29.1 Å². The number of ether oxygens (including phenoxy) is 2. The van der Waals surface area contributed by atoms with E-state index in [2.05, 4.69) is 6.92 Å². The largest absolute Gasteiger partial charge is 0.493 e. The third kappa shape index (κ3) is 3.70. The summed E-state index contributed by atoms with van der Waals surface area (Å²) >= 11 is 0. The van der Waals surface area contributed by atoms with Gasteiger partial charge in [-0.2, -0.15) is 0 Å². The maximum atomic E-state index is 11.9. The molecule has 4 saturated carbocycles. The van der Waals surface area contributed by atoms with E-state index < -0.39 is 0 Å². The van der Waals surface area contributed by atoms with Gasteiger partial charge in [0.05, 0.1) is 19.1 Å². The van der Waals surface area contributed by atoms with Crippen molar-refractivity contribution in [3.63, 3.8) is 0 Å². The van der Waals surface area contributed by atoms with Crippen LogP contribution in [-0.4, -0.2) is 25.3 Å². The number of carbonyl (C=O) groups is 1. The molecule has 4 nitrogen and oxygen atoms in total. The number of methoxy groups -OCH3 is 1. The Bertz CT molecular complexity index is 732. The van der Waals surface area contributed by atoms with E-state index in [0.717, 1.165) is 23.3 Å². The first-order valence-electron chi connectivity index (χ1n) is 10.8. The molecule has 0 saturated heterocycles. The molecule has 1 unspecified atom stereocenters. The Morgan fingerprint density at radius 1 is 1.07 bits per heavy atom. The van der Waals surface area contributed by atoms with Crippen LogP contribution in [-0.2, 0) is 4.79 Å². The van der Waals surface area contributed by atoms with Gasteiger partial charge in [0, 0.05) is 6.21 Å². The van der Waals surface area contributed by atoms with Crippen molar-refractivity contribution in [1.29, 1.82) is 0 Å². The minimum absolute atomic E-state index is 0.174. The minimum atomic E-state index is -0.254. The Kier molecular flexibility index (Phi) is 5.24. The fraction of sp³-hybridized carbons (Fsp3) is 0.667. The van der Waals surface area contributed by atoms with E-state index in [-0.39, 0.29) is 11.9 Å². The summed E-state index contributed by atoms with van der Waals surface area (Å²) in [5, 5.41) is 0. The number of rotatable bonds is 6. The molecule has 0 spiro atoms. The van der Waals surface area contributed by atoms with Crippen LogP contribution in [0.25, 0.3) is 0 Å². The maximum Gasteiger partial charge on any atom is 0.313 e. The average molecular weight is 384 g/mol. The molecular formula is C24H33NO3. The highest BCUT2D eigenvalue weighted by molar-refractivity contribution is 5.82. The molecule has 4 heteroatoms. The first kappa shape index (κ1) is 19.5. The molecule has 0 heterocycles. The van der Waals surface area contributed by atoms with E-state index in [9.17, 15) is 4.79 Å². The topological polar surface area (TPSA) is 47.9 Å². The second kappa shape index (κ2) is 7.53. The van der Waals surface area contributed by atoms with Gasteiger partial charge in [0.2, 0.25) is 0 Å². The van der Waals surface area contributed by atoms with Gasteiger partial charge in [0.1, 0.15) is 0 Å². The molecule has 28 heavy (non-hydrogen) atoms. The van der Waals surface area contributed by atoms with Crippen LogP contribution in [0.2, 0.25) is 0 Å². The number of esters is 1. The van der Waals surface area contributed by atoms with E-state index in [1.807, 2.05) is 32.2 Å². The monoisotopic (exact) mass is 383 g/mol. The van der Waals surface area contributed by atoms with Crippen LogP contribution in [0.3, 0.4) is 0 Å². The van der Waals surface area contributed by atoms with Crippen molar-refractivity contribution in [2.75, 3.05) is 7.11 Å². The van der Waals surface area contributed by atoms with Gasteiger partial charge < -0.3 is 9.47 Å². The zero-order valence-electron chi connectivity index (χ0n) is 17.6. The van der Waals surface area contributed by atoms with Crippen molar-refractivity contribution in [3.8, 4) is 11.5 Å². The van der Waals surface area contributed by atoms with E-state index >= 15 is 0 Å². The first-order valence-corrected chi connectivity index (χ1v) is 10.8. The van der Waals surface area contributed by atoms with Gasteiger partial charge in [-0.3, -0.25) is 9.79 Å².